The van der Waals surface area contributed by atoms with Gasteiger partial charge < -0.3 is 24.1 Å². The number of hydrogen-bond donors (Lipinski definition) is 1. The molecule has 1 spiro atoms. The summed E-state index contributed by atoms with van der Waals surface area (Å²) >= 11 is 0. The van der Waals surface area contributed by atoms with E-state index in [1.165, 1.54) is 6.42 Å². The van der Waals surface area contributed by atoms with E-state index in [0.717, 1.165) is 61.8 Å². The maximum absolute atomic E-state index is 12.2. The predicted octanol–water partition coefficient (Wildman–Crippen LogP) is 5.34. The van der Waals surface area contributed by atoms with Gasteiger partial charge in [0.15, 0.2) is 6.29 Å². The van der Waals surface area contributed by atoms with Crippen LogP contribution < -0.4 is 4.74 Å². The molecular weight excluding hydrogens is 468 g/mol. The molecule has 6 nitrogen and oxygen atoms in total. The molecule has 4 saturated carbocycles. The molecule has 0 amide bonds. The first-order valence-corrected chi connectivity index (χ1v) is 14.3. The van der Waals surface area contributed by atoms with Crippen molar-refractivity contribution in [2.24, 2.45) is 34.5 Å². The molecule has 5 fully saturated rings. The third-order valence-corrected chi connectivity index (χ3v) is 11.9. The van der Waals surface area contributed by atoms with Crippen molar-refractivity contribution < 1.29 is 28.8 Å². The van der Waals surface area contributed by atoms with Crippen LogP contribution in [0.15, 0.2) is 35.9 Å². The quantitative estimate of drug-likeness (QED) is 0.555. The van der Waals surface area contributed by atoms with Gasteiger partial charge >= 0.3 is 5.97 Å². The van der Waals surface area contributed by atoms with Crippen LogP contribution in [0.2, 0.25) is 0 Å². The van der Waals surface area contributed by atoms with Gasteiger partial charge in [0, 0.05) is 29.4 Å². The number of aliphatic hydroxyl groups excluding tert-OH is 1. The van der Waals surface area contributed by atoms with Crippen molar-refractivity contribution in [2.45, 2.75) is 89.3 Å². The number of ether oxygens (including phenoxy) is 4. The number of methoxy groups -OCH3 is 1. The molecule has 2 aliphatic heterocycles. The summed E-state index contributed by atoms with van der Waals surface area (Å²) in [5, 5.41) is 10.5. The first kappa shape index (κ1) is 24.2. The molecule has 4 aliphatic carbocycles. The molecular formula is C31H40O6. The van der Waals surface area contributed by atoms with Crippen molar-refractivity contribution in [2.75, 3.05) is 13.7 Å². The Morgan fingerprint density at radius 1 is 1.03 bits per heavy atom. The van der Waals surface area contributed by atoms with E-state index in [4.69, 9.17) is 18.9 Å². The van der Waals surface area contributed by atoms with Crippen LogP contribution in [0.25, 0.3) is 0 Å². The smallest absolute Gasteiger partial charge is 0.331 e. The summed E-state index contributed by atoms with van der Waals surface area (Å²) in [6, 6.07) is 8.06. The highest BCUT2D eigenvalue weighted by molar-refractivity contribution is 5.85. The van der Waals surface area contributed by atoms with Crippen molar-refractivity contribution >= 4 is 5.97 Å². The van der Waals surface area contributed by atoms with Gasteiger partial charge in [0.2, 0.25) is 0 Å². The molecule has 200 valence electrons. The molecule has 1 aromatic carbocycles. The average Bonchev–Trinajstić information content (AvgIpc) is 3.39. The Morgan fingerprint density at radius 3 is 2.57 bits per heavy atom. The molecule has 1 N–H and O–H groups in total. The Kier molecular flexibility index (Phi) is 5.42. The first-order valence-electron chi connectivity index (χ1n) is 14.3. The van der Waals surface area contributed by atoms with E-state index in [0.29, 0.717) is 24.4 Å². The van der Waals surface area contributed by atoms with Crippen LogP contribution in [0.3, 0.4) is 0 Å². The highest BCUT2D eigenvalue weighted by Gasteiger charge is 2.74. The van der Waals surface area contributed by atoms with Crippen LogP contribution in [0.1, 0.15) is 77.1 Å². The van der Waals surface area contributed by atoms with Crippen molar-refractivity contribution in [3.8, 4) is 5.75 Å². The highest BCUT2D eigenvalue weighted by atomic mass is 16.7. The summed E-state index contributed by atoms with van der Waals surface area (Å²) in [6.45, 7) is 5.29. The molecule has 37 heavy (non-hydrogen) atoms. The number of hydrogen-bond acceptors (Lipinski definition) is 6. The fourth-order valence-electron chi connectivity index (χ4n) is 10.1. The second-order valence-corrected chi connectivity index (χ2v) is 13.2. The van der Waals surface area contributed by atoms with Gasteiger partial charge in [-0.25, -0.2) is 4.79 Å². The van der Waals surface area contributed by atoms with Crippen molar-refractivity contribution in [3.05, 3.63) is 41.5 Å². The summed E-state index contributed by atoms with van der Waals surface area (Å²) in [5.74, 6) is 2.31. The molecule has 0 aromatic heterocycles. The van der Waals surface area contributed by atoms with Crippen molar-refractivity contribution in [1.29, 1.82) is 0 Å². The van der Waals surface area contributed by atoms with Gasteiger partial charge in [0.25, 0.3) is 0 Å². The molecule has 6 heteroatoms. The third kappa shape index (κ3) is 3.31. The summed E-state index contributed by atoms with van der Waals surface area (Å²) in [7, 11) is 1.68. The minimum absolute atomic E-state index is 0.0101. The number of aliphatic hydroxyl groups is 1. The Labute approximate surface area is 219 Å². The van der Waals surface area contributed by atoms with Crippen LogP contribution in [-0.4, -0.2) is 42.6 Å². The molecule has 1 aromatic rings. The lowest BCUT2D eigenvalue weighted by Crippen LogP contribution is -2.63. The lowest BCUT2D eigenvalue weighted by molar-refractivity contribution is -0.319. The van der Waals surface area contributed by atoms with Crippen molar-refractivity contribution in [1.82, 2.24) is 0 Å². The summed E-state index contributed by atoms with van der Waals surface area (Å²) in [5.41, 5.74) is 1.90. The Balaban J connectivity index is 1.31. The average molecular weight is 509 g/mol. The fraction of sp³-hybridized carbons (Fsp3) is 0.710. The molecule has 1 saturated heterocycles. The third-order valence-electron chi connectivity index (χ3n) is 11.9. The molecule has 10 atom stereocenters. The van der Waals surface area contributed by atoms with Crippen LogP contribution in [0.5, 0.6) is 5.75 Å². The van der Waals surface area contributed by atoms with E-state index in [1.54, 1.807) is 13.2 Å². The maximum atomic E-state index is 12.2. The largest absolute Gasteiger partial charge is 0.497 e. The fourth-order valence-corrected chi connectivity index (χ4v) is 10.1. The molecule has 6 aliphatic rings. The van der Waals surface area contributed by atoms with E-state index < -0.39 is 6.29 Å². The van der Waals surface area contributed by atoms with Gasteiger partial charge in [-0.3, -0.25) is 0 Å². The normalized spacial score (nSPS) is 48.4. The number of rotatable bonds is 3. The van der Waals surface area contributed by atoms with Crippen LogP contribution in [0.4, 0.5) is 0 Å². The van der Waals surface area contributed by atoms with E-state index in [-0.39, 0.29) is 40.5 Å². The van der Waals surface area contributed by atoms with E-state index in [1.807, 2.05) is 12.1 Å². The lowest BCUT2D eigenvalue weighted by atomic mass is 9.43. The SMILES string of the molecule is COc1ccc(C2O[C@H]3C[C@]4(O2)[C@@H]2CC[C@@H]5C[C@@H](O)CC[C@]5(C)[C@H]2CC[C@]4(C)[C@H]3C2=CC(=O)OC2)cc1. The van der Waals surface area contributed by atoms with E-state index in [9.17, 15) is 9.90 Å². The van der Waals surface area contributed by atoms with Gasteiger partial charge in [-0.2, -0.15) is 0 Å². The molecule has 0 radical (unpaired) electrons. The molecule has 2 bridgehead atoms. The molecule has 1 unspecified atom stereocenters. The van der Waals surface area contributed by atoms with E-state index in [2.05, 4.69) is 26.0 Å². The maximum Gasteiger partial charge on any atom is 0.331 e. The lowest BCUT2D eigenvalue weighted by Gasteiger charge is -2.65. The number of carbonyl (C=O) groups excluding carboxylic acids is 1. The predicted molar refractivity (Wildman–Crippen MR) is 137 cm³/mol. The number of cyclic esters (lactones) is 1. The Bertz CT molecular complexity index is 1110. The van der Waals surface area contributed by atoms with E-state index >= 15 is 0 Å². The van der Waals surface area contributed by atoms with Crippen LogP contribution in [-0.2, 0) is 19.0 Å². The number of carbonyl (C=O) groups is 1. The number of benzene rings is 1. The number of fused-ring (bicyclic) bond motifs is 4. The van der Waals surface area contributed by atoms with Gasteiger partial charge in [0.05, 0.1) is 24.9 Å². The van der Waals surface area contributed by atoms with Crippen LogP contribution in [0, 0.1) is 34.5 Å². The highest BCUT2D eigenvalue weighted by Crippen LogP contribution is 2.73. The van der Waals surface area contributed by atoms with Gasteiger partial charge in [-0.05, 0) is 85.8 Å². The van der Waals surface area contributed by atoms with Gasteiger partial charge in [-0.15, -0.1) is 0 Å². The number of esters is 1. The second kappa shape index (κ2) is 8.30. The zero-order valence-corrected chi connectivity index (χ0v) is 22.3. The second-order valence-electron chi connectivity index (χ2n) is 13.2. The monoisotopic (exact) mass is 508 g/mol. The van der Waals surface area contributed by atoms with Gasteiger partial charge in [-0.1, -0.05) is 26.0 Å². The Morgan fingerprint density at radius 2 is 1.84 bits per heavy atom. The summed E-state index contributed by atoms with van der Waals surface area (Å²) < 4.78 is 24.9. The minimum Gasteiger partial charge on any atom is -0.497 e. The Hall–Kier alpha value is -1.89. The van der Waals surface area contributed by atoms with Crippen LogP contribution >= 0.6 is 0 Å². The summed E-state index contributed by atoms with van der Waals surface area (Å²) in [4.78, 5) is 12.2. The minimum atomic E-state index is -0.440. The first-order chi connectivity index (χ1) is 17.8. The topological polar surface area (TPSA) is 74.2 Å². The molecule has 7 rings (SSSR count). The zero-order chi connectivity index (χ0) is 25.6. The summed E-state index contributed by atoms with van der Waals surface area (Å²) in [6.07, 6.45) is 9.49. The van der Waals surface area contributed by atoms with Crippen molar-refractivity contribution in [3.63, 3.8) is 0 Å². The zero-order valence-electron chi connectivity index (χ0n) is 22.3. The standard InChI is InChI=1S/C31H40O6/c1-29-12-10-21(32)15-20(29)6-9-24-23(29)11-13-30(2)27(19-14-26(33)35-17-19)25-16-31(24,30)37-28(36-25)18-4-7-22(34-3)8-5-18/h4-5,7-8,14,20-21,23-25,27-28,32H,6,9-13,15-17H2,1-3H3/t20-,21+,23+,24-,25+,27+,28?,29+,30-,31+/m1/s1. The molecule has 2 heterocycles. The van der Waals surface area contributed by atoms with Gasteiger partial charge in [0.1, 0.15) is 12.4 Å².